The van der Waals surface area contributed by atoms with E-state index in [0.717, 1.165) is 23.4 Å². The predicted molar refractivity (Wildman–Crippen MR) is 101 cm³/mol. The third-order valence-electron chi connectivity index (χ3n) is 4.66. The Hall–Kier alpha value is -2.33. The summed E-state index contributed by atoms with van der Waals surface area (Å²) < 4.78 is 0. The molecule has 1 fully saturated rings. The van der Waals surface area contributed by atoms with Crippen molar-refractivity contribution >= 4 is 34.8 Å². The van der Waals surface area contributed by atoms with Crippen molar-refractivity contribution in [3.63, 3.8) is 0 Å². The average molecular weight is 357 g/mol. The molecule has 0 bridgehead atoms. The van der Waals surface area contributed by atoms with Crippen molar-refractivity contribution in [3.05, 3.63) is 58.6 Å². The zero-order chi connectivity index (χ0) is 18.0. The molecule has 1 heterocycles. The van der Waals surface area contributed by atoms with Crippen LogP contribution in [0.3, 0.4) is 0 Å². The van der Waals surface area contributed by atoms with E-state index in [-0.39, 0.29) is 24.2 Å². The SMILES string of the molecule is CCc1ccc(NC(=O)C2CC(=O)N(c3cccc(Cl)c3C)C2)cc1. The quantitative estimate of drug-likeness (QED) is 0.892. The Bertz CT molecular complexity index is 802. The molecule has 1 unspecified atom stereocenters. The van der Waals surface area contributed by atoms with Gasteiger partial charge in [0.1, 0.15) is 0 Å². The summed E-state index contributed by atoms with van der Waals surface area (Å²) in [5.74, 6) is -0.539. The van der Waals surface area contributed by atoms with Gasteiger partial charge >= 0.3 is 0 Å². The van der Waals surface area contributed by atoms with Crippen LogP contribution in [0.5, 0.6) is 0 Å². The van der Waals surface area contributed by atoms with Gasteiger partial charge in [-0.15, -0.1) is 0 Å². The monoisotopic (exact) mass is 356 g/mol. The Kier molecular flexibility index (Phi) is 5.09. The number of hydrogen-bond donors (Lipinski definition) is 1. The van der Waals surface area contributed by atoms with Crippen molar-refractivity contribution in [1.82, 2.24) is 0 Å². The highest BCUT2D eigenvalue weighted by Crippen LogP contribution is 2.31. The fraction of sp³-hybridized carbons (Fsp3) is 0.300. The second kappa shape index (κ2) is 7.28. The summed E-state index contributed by atoms with van der Waals surface area (Å²) >= 11 is 6.15. The number of carbonyl (C=O) groups is 2. The van der Waals surface area contributed by atoms with E-state index in [1.807, 2.05) is 43.3 Å². The highest BCUT2D eigenvalue weighted by atomic mass is 35.5. The number of carbonyl (C=O) groups excluding carboxylic acids is 2. The van der Waals surface area contributed by atoms with Crippen molar-refractivity contribution < 1.29 is 9.59 Å². The largest absolute Gasteiger partial charge is 0.326 e. The number of nitrogens with one attached hydrogen (secondary N) is 1. The molecule has 1 aliphatic rings. The predicted octanol–water partition coefficient (Wildman–Crippen LogP) is 4.20. The van der Waals surface area contributed by atoms with E-state index in [0.29, 0.717) is 11.6 Å². The molecule has 130 valence electrons. The number of rotatable bonds is 4. The van der Waals surface area contributed by atoms with Crippen molar-refractivity contribution in [2.75, 3.05) is 16.8 Å². The number of amides is 2. The molecule has 0 spiro atoms. The molecule has 0 aliphatic carbocycles. The van der Waals surface area contributed by atoms with Crippen molar-refractivity contribution in [1.29, 1.82) is 0 Å². The molecule has 1 saturated heterocycles. The minimum Gasteiger partial charge on any atom is -0.326 e. The lowest BCUT2D eigenvalue weighted by atomic mass is 10.1. The zero-order valence-electron chi connectivity index (χ0n) is 14.4. The molecular weight excluding hydrogens is 336 g/mol. The molecule has 5 heteroatoms. The number of halogens is 1. The van der Waals surface area contributed by atoms with Crippen molar-refractivity contribution in [2.24, 2.45) is 5.92 Å². The van der Waals surface area contributed by atoms with E-state index >= 15 is 0 Å². The molecule has 2 aromatic rings. The zero-order valence-corrected chi connectivity index (χ0v) is 15.1. The van der Waals surface area contributed by atoms with Gasteiger partial charge in [-0.25, -0.2) is 0 Å². The van der Waals surface area contributed by atoms with Crippen LogP contribution in [0.1, 0.15) is 24.5 Å². The van der Waals surface area contributed by atoms with E-state index < -0.39 is 0 Å². The van der Waals surface area contributed by atoms with Gasteiger partial charge in [-0.1, -0.05) is 36.7 Å². The molecule has 3 rings (SSSR count). The molecule has 1 N–H and O–H groups in total. The fourth-order valence-electron chi connectivity index (χ4n) is 3.07. The van der Waals surface area contributed by atoms with Gasteiger partial charge in [-0.3, -0.25) is 9.59 Å². The van der Waals surface area contributed by atoms with Gasteiger partial charge in [0.25, 0.3) is 0 Å². The van der Waals surface area contributed by atoms with E-state index in [2.05, 4.69) is 12.2 Å². The summed E-state index contributed by atoms with van der Waals surface area (Å²) in [7, 11) is 0. The normalized spacial score (nSPS) is 17.0. The molecule has 2 amide bonds. The molecule has 25 heavy (non-hydrogen) atoms. The minimum absolute atomic E-state index is 0.0492. The fourth-order valence-corrected chi connectivity index (χ4v) is 3.24. The first-order valence-electron chi connectivity index (χ1n) is 8.45. The van der Waals surface area contributed by atoms with E-state index in [4.69, 9.17) is 11.6 Å². The van der Waals surface area contributed by atoms with Crippen LogP contribution in [0.25, 0.3) is 0 Å². The molecule has 2 aromatic carbocycles. The lowest BCUT2D eigenvalue weighted by Gasteiger charge is -2.19. The van der Waals surface area contributed by atoms with E-state index in [1.54, 1.807) is 11.0 Å². The van der Waals surface area contributed by atoms with Crippen LogP contribution in [-0.2, 0) is 16.0 Å². The molecule has 1 atom stereocenters. The number of anilines is 2. The van der Waals surface area contributed by atoms with E-state index in [1.165, 1.54) is 5.56 Å². The Morgan fingerprint density at radius 3 is 2.64 bits per heavy atom. The second-order valence-electron chi connectivity index (χ2n) is 6.33. The average Bonchev–Trinajstić information content (AvgIpc) is 3.00. The van der Waals surface area contributed by atoms with Crippen molar-refractivity contribution in [3.8, 4) is 0 Å². The summed E-state index contributed by atoms with van der Waals surface area (Å²) in [5, 5.41) is 3.53. The third kappa shape index (κ3) is 3.69. The summed E-state index contributed by atoms with van der Waals surface area (Å²) in [6.45, 7) is 4.34. The highest BCUT2D eigenvalue weighted by molar-refractivity contribution is 6.31. The first-order valence-corrected chi connectivity index (χ1v) is 8.82. The third-order valence-corrected chi connectivity index (χ3v) is 5.06. The lowest BCUT2D eigenvalue weighted by molar-refractivity contribution is -0.122. The van der Waals surface area contributed by atoms with Crippen LogP contribution < -0.4 is 10.2 Å². The van der Waals surface area contributed by atoms with Gasteiger partial charge in [-0.05, 0) is 48.7 Å². The first kappa shape index (κ1) is 17.5. The highest BCUT2D eigenvalue weighted by Gasteiger charge is 2.35. The summed E-state index contributed by atoms with van der Waals surface area (Å²) in [6, 6.07) is 13.3. The van der Waals surface area contributed by atoms with Crippen LogP contribution in [0.2, 0.25) is 5.02 Å². The Balaban J connectivity index is 1.71. The molecule has 1 aliphatic heterocycles. The standard InChI is InChI=1S/C20H21ClN2O2/c1-3-14-7-9-16(10-8-14)22-20(25)15-11-19(24)23(12-15)18-6-4-5-17(21)13(18)2/h4-10,15H,3,11-12H2,1-2H3,(H,22,25). The van der Waals surface area contributed by atoms with Gasteiger partial charge in [0.15, 0.2) is 0 Å². The Morgan fingerprint density at radius 1 is 1.24 bits per heavy atom. The molecule has 4 nitrogen and oxygen atoms in total. The number of benzene rings is 2. The summed E-state index contributed by atoms with van der Waals surface area (Å²) in [5.41, 5.74) is 3.61. The van der Waals surface area contributed by atoms with Gasteiger partial charge < -0.3 is 10.2 Å². The summed E-state index contributed by atoms with van der Waals surface area (Å²) in [6.07, 6.45) is 1.17. The Labute approximate surface area is 152 Å². The molecule has 0 aromatic heterocycles. The van der Waals surface area contributed by atoms with Crippen molar-refractivity contribution in [2.45, 2.75) is 26.7 Å². The van der Waals surface area contributed by atoms with Gasteiger partial charge in [0.05, 0.1) is 5.92 Å². The lowest BCUT2D eigenvalue weighted by Crippen LogP contribution is -2.28. The van der Waals surface area contributed by atoms with Crippen LogP contribution in [0.15, 0.2) is 42.5 Å². The van der Waals surface area contributed by atoms with Crippen LogP contribution in [-0.4, -0.2) is 18.4 Å². The second-order valence-corrected chi connectivity index (χ2v) is 6.74. The molecule has 0 radical (unpaired) electrons. The van der Waals surface area contributed by atoms with Gasteiger partial charge in [0, 0.05) is 29.4 Å². The summed E-state index contributed by atoms with van der Waals surface area (Å²) in [4.78, 5) is 26.6. The van der Waals surface area contributed by atoms with Gasteiger partial charge in [0.2, 0.25) is 11.8 Å². The van der Waals surface area contributed by atoms with Crippen LogP contribution in [0.4, 0.5) is 11.4 Å². The van der Waals surface area contributed by atoms with Crippen LogP contribution in [0, 0.1) is 12.8 Å². The maximum Gasteiger partial charge on any atom is 0.229 e. The first-order chi connectivity index (χ1) is 12.0. The maximum atomic E-state index is 12.5. The topological polar surface area (TPSA) is 49.4 Å². The minimum atomic E-state index is -0.364. The van der Waals surface area contributed by atoms with Crippen LogP contribution >= 0.6 is 11.6 Å². The Morgan fingerprint density at radius 2 is 1.96 bits per heavy atom. The van der Waals surface area contributed by atoms with E-state index in [9.17, 15) is 9.59 Å². The molecular formula is C20H21ClN2O2. The number of aryl methyl sites for hydroxylation is 1. The molecule has 0 saturated carbocycles. The number of hydrogen-bond acceptors (Lipinski definition) is 2. The number of nitrogens with zero attached hydrogens (tertiary/aromatic N) is 1. The van der Waals surface area contributed by atoms with Gasteiger partial charge in [-0.2, -0.15) is 0 Å². The maximum absolute atomic E-state index is 12.5. The smallest absolute Gasteiger partial charge is 0.229 e.